The Balaban J connectivity index is 2.53. The molecule has 7 heteroatoms. The Kier molecular flexibility index (Phi) is 6.60. The molecule has 0 aliphatic rings. The first-order chi connectivity index (χ1) is 9.48. The number of methoxy groups -OCH3 is 1. The molecule has 0 radical (unpaired) electrons. The lowest BCUT2D eigenvalue weighted by Crippen LogP contribution is -2.19. The van der Waals surface area contributed by atoms with E-state index in [1.807, 2.05) is 12.1 Å². The van der Waals surface area contributed by atoms with Crippen molar-refractivity contribution < 1.29 is 27.4 Å². The van der Waals surface area contributed by atoms with Crippen molar-refractivity contribution in [1.29, 1.82) is 0 Å². The fraction of sp³-hybridized carbons (Fsp3) is 0.538. The van der Waals surface area contributed by atoms with E-state index in [4.69, 9.17) is 9.47 Å². The number of alkyl halides is 3. The highest BCUT2D eigenvalue weighted by molar-refractivity contribution is 5.46. The van der Waals surface area contributed by atoms with E-state index in [2.05, 4.69) is 10.1 Å². The molecule has 0 saturated carbocycles. The van der Waals surface area contributed by atoms with Gasteiger partial charge in [0, 0.05) is 12.1 Å². The monoisotopic (exact) mass is 293 g/mol. The van der Waals surface area contributed by atoms with Gasteiger partial charge < -0.3 is 19.5 Å². The molecule has 0 aliphatic carbocycles. The second-order valence-corrected chi connectivity index (χ2v) is 4.00. The van der Waals surface area contributed by atoms with Crippen LogP contribution in [0.4, 0.5) is 13.2 Å². The Hall–Kier alpha value is -1.47. The number of hydrogen-bond donors (Lipinski definition) is 1. The largest absolute Gasteiger partial charge is 0.493 e. The molecule has 114 valence electrons. The van der Waals surface area contributed by atoms with Gasteiger partial charge in [-0.15, -0.1) is 0 Å². The molecule has 1 aromatic carbocycles. The van der Waals surface area contributed by atoms with E-state index in [1.165, 1.54) is 7.11 Å². The van der Waals surface area contributed by atoms with Gasteiger partial charge in [-0.05, 0) is 13.1 Å². The molecule has 0 bridgehead atoms. The number of nitrogens with one attached hydrogen (secondary N) is 1. The van der Waals surface area contributed by atoms with E-state index in [0.29, 0.717) is 18.0 Å². The SMILES string of the molecule is CNCc1cccc(OC)c1OCCOCC(F)(F)F. The Bertz CT molecular complexity index is 410. The molecular formula is C13H18F3NO3. The minimum absolute atomic E-state index is 0.0210. The van der Waals surface area contributed by atoms with Crippen molar-refractivity contribution >= 4 is 0 Å². The van der Waals surface area contributed by atoms with Crippen LogP contribution in [0.5, 0.6) is 11.5 Å². The molecule has 0 fully saturated rings. The van der Waals surface area contributed by atoms with Crippen LogP contribution < -0.4 is 14.8 Å². The van der Waals surface area contributed by atoms with Crippen LogP contribution in [0.1, 0.15) is 5.56 Å². The molecule has 4 nitrogen and oxygen atoms in total. The van der Waals surface area contributed by atoms with Gasteiger partial charge in [-0.1, -0.05) is 12.1 Å². The minimum Gasteiger partial charge on any atom is -0.493 e. The van der Waals surface area contributed by atoms with Crippen molar-refractivity contribution in [1.82, 2.24) is 5.32 Å². The number of hydrogen-bond acceptors (Lipinski definition) is 4. The molecular weight excluding hydrogens is 275 g/mol. The molecule has 0 atom stereocenters. The van der Waals surface area contributed by atoms with Crippen LogP contribution >= 0.6 is 0 Å². The normalized spacial score (nSPS) is 11.4. The maximum atomic E-state index is 11.9. The molecule has 0 aromatic heterocycles. The summed E-state index contributed by atoms with van der Waals surface area (Å²) in [6, 6.07) is 5.40. The zero-order valence-corrected chi connectivity index (χ0v) is 11.4. The predicted octanol–water partition coefficient (Wildman–Crippen LogP) is 2.37. The van der Waals surface area contributed by atoms with Crippen LogP contribution in [0.15, 0.2) is 18.2 Å². The van der Waals surface area contributed by atoms with Crippen LogP contribution in [-0.4, -0.2) is 40.2 Å². The van der Waals surface area contributed by atoms with Gasteiger partial charge in [0.25, 0.3) is 0 Å². The Morgan fingerprint density at radius 2 is 1.95 bits per heavy atom. The lowest BCUT2D eigenvalue weighted by Gasteiger charge is -2.15. The maximum absolute atomic E-state index is 11.9. The van der Waals surface area contributed by atoms with Crippen molar-refractivity contribution in [2.75, 3.05) is 34.0 Å². The predicted molar refractivity (Wildman–Crippen MR) is 68.1 cm³/mol. The fourth-order valence-corrected chi connectivity index (χ4v) is 1.61. The van der Waals surface area contributed by atoms with Gasteiger partial charge in [0.05, 0.1) is 13.7 Å². The summed E-state index contributed by atoms with van der Waals surface area (Å²) in [7, 11) is 3.29. The second kappa shape index (κ2) is 7.96. The highest BCUT2D eigenvalue weighted by Gasteiger charge is 2.27. The summed E-state index contributed by atoms with van der Waals surface area (Å²) in [5.74, 6) is 1.05. The molecule has 0 heterocycles. The quantitative estimate of drug-likeness (QED) is 0.747. The molecule has 0 aliphatic heterocycles. The van der Waals surface area contributed by atoms with Crippen molar-refractivity contribution in [2.24, 2.45) is 0 Å². The molecule has 0 unspecified atom stereocenters. The number of benzene rings is 1. The van der Waals surface area contributed by atoms with Crippen molar-refractivity contribution in [3.63, 3.8) is 0 Å². The third-order valence-corrected chi connectivity index (χ3v) is 2.39. The third-order valence-electron chi connectivity index (χ3n) is 2.39. The molecule has 1 aromatic rings. The summed E-state index contributed by atoms with van der Waals surface area (Å²) in [5, 5.41) is 2.98. The summed E-state index contributed by atoms with van der Waals surface area (Å²) < 4.78 is 50.8. The van der Waals surface area contributed by atoms with E-state index in [9.17, 15) is 13.2 Å². The number of para-hydroxylation sites is 1. The topological polar surface area (TPSA) is 39.7 Å². The Morgan fingerprint density at radius 3 is 2.55 bits per heavy atom. The van der Waals surface area contributed by atoms with Gasteiger partial charge in [-0.25, -0.2) is 0 Å². The summed E-state index contributed by atoms with van der Waals surface area (Å²) in [6.07, 6.45) is -4.32. The lowest BCUT2D eigenvalue weighted by atomic mass is 10.2. The zero-order chi connectivity index (χ0) is 15.0. The van der Waals surface area contributed by atoms with Crippen LogP contribution in [0.25, 0.3) is 0 Å². The van der Waals surface area contributed by atoms with Gasteiger partial charge in [-0.2, -0.15) is 13.2 Å². The molecule has 0 saturated heterocycles. The summed E-state index contributed by atoms with van der Waals surface area (Å²) in [4.78, 5) is 0. The first-order valence-electron chi connectivity index (χ1n) is 6.05. The van der Waals surface area contributed by atoms with Crippen molar-refractivity contribution in [3.05, 3.63) is 23.8 Å². The highest BCUT2D eigenvalue weighted by atomic mass is 19.4. The van der Waals surface area contributed by atoms with Gasteiger partial charge in [0.1, 0.15) is 13.2 Å². The Labute approximate surface area is 115 Å². The molecule has 20 heavy (non-hydrogen) atoms. The number of halogens is 3. The number of ether oxygens (including phenoxy) is 3. The van der Waals surface area contributed by atoms with E-state index < -0.39 is 12.8 Å². The third kappa shape index (κ3) is 5.66. The van der Waals surface area contributed by atoms with Crippen LogP contribution in [0, 0.1) is 0 Å². The lowest BCUT2D eigenvalue weighted by molar-refractivity contribution is -0.175. The molecule has 0 amide bonds. The van der Waals surface area contributed by atoms with E-state index >= 15 is 0 Å². The second-order valence-electron chi connectivity index (χ2n) is 4.00. The summed E-state index contributed by atoms with van der Waals surface area (Å²) in [5.41, 5.74) is 0.864. The van der Waals surface area contributed by atoms with Gasteiger partial charge >= 0.3 is 6.18 Å². The molecule has 1 N–H and O–H groups in total. The summed E-state index contributed by atoms with van der Waals surface area (Å²) >= 11 is 0. The molecule has 0 spiro atoms. The fourth-order valence-electron chi connectivity index (χ4n) is 1.61. The summed E-state index contributed by atoms with van der Waals surface area (Å²) in [6.45, 7) is -0.828. The van der Waals surface area contributed by atoms with Crippen LogP contribution in [0.2, 0.25) is 0 Å². The van der Waals surface area contributed by atoms with E-state index in [1.54, 1.807) is 13.1 Å². The van der Waals surface area contributed by atoms with Crippen molar-refractivity contribution in [3.8, 4) is 11.5 Å². The van der Waals surface area contributed by atoms with Gasteiger partial charge in [0.2, 0.25) is 0 Å². The maximum Gasteiger partial charge on any atom is 0.411 e. The first kappa shape index (κ1) is 16.6. The van der Waals surface area contributed by atoms with Crippen molar-refractivity contribution in [2.45, 2.75) is 12.7 Å². The van der Waals surface area contributed by atoms with E-state index in [-0.39, 0.29) is 13.2 Å². The average Bonchev–Trinajstić information content (AvgIpc) is 2.38. The smallest absolute Gasteiger partial charge is 0.411 e. The zero-order valence-electron chi connectivity index (χ0n) is 11.4. The molecule has 1 rings (SSSR count). The van der Waals surface area contributed by atoms with Gasteiger partial charge in [-0.3, -0.25) is 0 Å². The number of rotatable bonds is 8. The van der Waals surface area contributed by atoms with Crippen LogP contribution in [0.3, 0.4) is 0 Å². The first-order valence-corrected chi connectivity index (χ1v) is 6.05. The minimum atomic E-state index is -4.32. The standard InChI is InChI=1S/C13H18F3NO3/c1-17-8-10-4-3-5-11(18-2)12(10)20-7-6-19-9-13(14,15)16/h3-5,17H,6-9H2,1-2H3. The highest BCUT2D eigenvalue weighted by Crippen LogP contribution is 2.30. The average molecular weight is 293 g/mol. The van der Waals surface area contributed by atoms with Gasteiger partial charge in [0.15, 0.2) is 11.5 Å². The van der Waals surface area contributed by atoms with E-state index in [0.717, 1.165) is 5.56 Å². The van der Waals surface area contributed by atoms with Crippen LogP contribution in [-0.2, 0) is 11.3 Å². The Morgan fingerprint density at radius 1 is 1.20 bits per heavy atom.